The Morgan fingerprint density at radius 1 is 1.47 bits per heavy atom. The number of sulfone groups is 1. The maximum Gasteiger partial charge on any atom is 0.253 e. The van der Waals surface area contributed by atoms with E-state index >= 15 is 0 Å². The first-order valence-corrected chi connectivity index (χ1v) is 7.73. The van der Waals surface area contributed by atoms with Crippen molar-refractivity contribution >= 4 is 21.4 Å². The molecule has 7 heteroatoms. The van der Waals surface area contributed by atoms with E-state index in [1.54, 1.807) is 0 Å². The van der Waals surface area contributed by atoms with Crippen LogP contribution in [0.5, 0.6) is 0 Å². The summed E-state index contributed by atoms with van der Waals surface area (Å²) in [7, 11) is -2.96. The number of nitrogen functional groups attached to an aromatic ring is 1. The number of hydrogen-bond acceptors (Lipinski definition) is 4. The average molecular weight is 286 g/mol. The molecule has 0 saturated carbocycles. The van der Waals surface area contributed by atoms with Gasteiger partial charge in [-0.1, -0.05) is 0 Å². The van der Waals surface area contributed by atoms with Gasteiger partial charge in [0.05, 0.1) is 17.1 Å². The van der Waals surface area contributed by atoms with E-state index in [1.807, 2.05) is 0 Å². The fourth-order valence-electron chi connectivity index (χ4n) is 2.09. The molecule has 1 aliphatic heterocycles. The number of rotatable bonds is 3. The second kappa shape index (κ2) is 5.16. The Bertz CT molecular complexity index is 601. The largest absolute Gasteiger partial charge is 0.398 e. The lowest BCUT2D eigenvalue weighted by molar-refractivity contribution is 0.0949. The van der Waals surface area contributed by atoms with E-state index < -0.39 is 21.6 Å². The molecule has 1 atom stereocenters. The van der Waals surface area contributed by atoms with Crippen LogP contribution >= 0.6 is 0 Å². The number of carbonyl (C=O) groups is 1. The fourth-order valence-corrected chi connectivity index (χ4v) is 3.95. The van der Waals surface area contributed by atoms with Crippen LogP contribution in [0.15, 0.2) is 18.2 Å². The van der Waals surface area contributed by atoms with E-state index in [1.165, 1.54) is 12.1 Å². The molecule has 1 saturated heterocycles. The lowest BCUT2D eigenvalue weighted by Gasteiger charge is -2.11. The molecular formula is C12H15FN2O3S. The Kier molecular flexibility index (Phi) is 3.75. The van der Waals surface area contributed by atoms with Gasteiger partial charge in [0.1, 0.15) is 5.82 Å². The standard InChI is InChI=1S/C12H15FN2O3S/c13-9-1-2-11(14)10(5-9)12(16)15-6-8-3-4-19(17,18)7-8/h1-2,5,8H,3-4,6-7,14H2,(H,15,16). The van der Waals surface area contributed by atoms with Crippen LogP contribution in [0.2, 0.25) is 0 Å². The third kappa shape index (κ3) is 3.44. The minimum absolute atomic E-state index is 0.0702. The van der Waals surface area contributed by atoms with Gasteiger partial charge in [-0.3, -0.25) is 4.79 Å². The maximum absolute atomic E-state index is 13.0. The molecule has 1 amide bonds. The highest BCUT2D eigenvalue weighted by molar-refractivity contribution is 7.91. The highest BCUT2D eigenvalue weighted by atomic mass is 32.2. The van der Waals surface area contributed by atoms with E-state index in [2.05, 4.69) is 5.32 Å². The Morgan fingerprint density at radius 2 is 2.21 bits per heavy atom. The van der Waals surface area contributed by atoms with Crippen molar-refractivity contribution in [3.05, 3.63) is 29.6 Å². The lowest BCUT2D eigenvalue weighted by atomic mass is 10.1. The minimum Gasteiger partial charge on any atom is -0.398 e. The second-order valence-corrected chi connectivity index (χ2v) is 6.94. The molecule has 1 aliphatic rings. The molecule has 0 radical (unpaired) electrons. The molecule has 1 aromatic rings. The van der Waals surface area contributed by atoms with Crippen molar-refractivity contribution in [1.29, 1.82) is 0 Å². The van der Waals surface area contributed by atoms with E-state index in [4.69, 9.17) is 5.73 Å². The summed E-state index contributed by atoms with van der Waals surface area (Å²) in [4.78, 5) is 11.8. The predicted molar refractivity (Wildman–Crippen MR) is 69.9 cm³/mol. The number of nitrogens with two attached hydrogens (primary N) is 1. The van der Waals surface area contributed by atoms with Crippen molar-refractivity contribution in [3.63, 3.8) is 0 Å². The van der Waals surface area contributed by atoms with Crippen molar-refractivity contribution in [1.82, 2.24) is 5.32 Å². The summed E-state index contributed by atoms with van der Waals surface area (Å²) in [6.45, 7) is 0.258. The van der Waals surface area contributed by atoms with Gasteiger partial charge >= 0.3 is 0 Å². The number of hydrogen-bond donors (Lipinski definition) is 2. The van der Waals surface area contributed by atoms with E-state index in [9.17, 15) is 17.6 Å². The van der Waals surface area contributed by atoms with E-state index in [0.29, 0.717) is 6.42 Å². The smallest absolute Gasteiger partial charge is 0.253 e. The van der Waals surface area contributed by atoms with Crippen LogP contribution in [-0.4, -0.2) is 32.4 Å². The Balaban J connectivity index is 1.97. The zero-order valence-corrected chi connectivity index (χ0v) is 11.0. The maximum atomic E-state index is 13.0. The van der Waals surface area contributed by atoms with Gasteiger partial charge in [0, 0.05) is 12.2 Å². The van der Waals surface area contributed by atoms with Gasteiger partial charge in [0.2, 0.25) is 0 Å². The molecule has 3 N–H and O–H groups in total. The zero-order chi connectivity index (χ0) is 14.0. The predicted octanol–water partition coefficient (Wildman–Crippen LogP) is 0.572. The van der Waals surface area contributed by atoms with Crippen LogP contribution in [-0.2, 0) is 9.84 Å². The highest BCUT2D eigenvalue weighted by Gasteiger charge is 2.28. The van der Waals surface area contributed by atoms with Crippen molar-refractivity contribution in [2.24, 2.45) is 5.92 Å². The Morgan fingerprint density at radius 3 is 2.84 bits per heavy atom. The third-order valence-electron chi connectivity index (χ3n) is 3.14. The Labute approximate surface area is 110 Å². The first-order valence-electron chi connectivity index (χ1n) is 5.91. The first-order chi connectivity index (χ1) is 8.87. The van der Waals surface area contributed by atoms with Crippen LogP contribution < -0.4 is 11.1 Å². The number of benzene rings is 1. The minimum atomic E-state index is -2.96. The highest BCUT2D eigenvalue weighted by Crippen LogP contribution is 2.18. The number of nitrogens with one attached hydrogen (secondary N) is 1. The lowest BCUT2D eigenvalue weighted by Crippen LogP contribution is -2.30. The topological polar surface area (TPSA) is 89.3 Å². The Hall–Kier alpha value is -1.63. The third-order valence-corrected chi connectivity index (χ3v) is 4.97. The molecular weight excluding hydrogens is 271 g/mol. The summed E-state index contributed by atoms with van der Waals surface area (Å²) in [6.07, 6.45) is 0.543. The quantitative estimate of drug-likeness (QED) is 0.795. The number of carbonyl (C=O) groups excluding carboxylic acids is 1. The molecule has 0 aliphatic carbocycles. The van der Waals surface area contributed by atoms with Gasteiger partial charge < -0.3 is 11.1 Å². The van der Waals surface area contributed by atoms with Crippen LogP contribution in [0.4, 0.5) is 10.1 Å². The van der Waals surface area contributed by atoms with Crippen LogP contribution in [0.3, 0.4) is 0 Å². The molecule has 5 nitrogen and oxygen atoms in total. The molecule has 0 aromatic heterocycles. The van der Waals surface area contributed by atoms with Crippen molar-refractivity contribution < 1.29 is 17.6 Å². The molecule has 0 spiro atoms. The van der Waals surface area contributed by atoms with Crippen molar-refractivity contribution in [3.8, 4) is 0 Å². The van der Waals surface area contributed by atoms with E-state index in [-0.39, 0.29) is 35.2 Å². The molecule has 1 fully saturated rings. The summed E-state index contributed by atoms with van der Waals surface area (Å²) >= 11 is 0. The second-order valence-electron chi connectivity index (χ2n) is 4.71. The summed E-state index contributed by atoms with van der Waals surface area (Å²) in [6, 6.07) is 3.57. The summed E-state index contributed by atoms with van der Waals surface area (Å²) in [5.74, 6) is -0.852. The monoisotopic (exact) mass is 286 g/mol. The number of amides is 1. The van der Waals surface area contributed by atoms with Gasteiger partial charge in [-0.2, -0.15) is 0 Å². The normalized spacial score (nSPS) is 21.2. The van der Waals surface area contributed by atoms with Gasteiger partial charge in [-0.15, -0.1) is 0 Å². The fraction of sp³-hybridized carbons (Fsp3) is 0.417. The first kappa shape index (κ1) is 13.8. The SMILES string of the molecule is Nc1ccc(F)cc1C(=O)NCC1CCS(=O)(=O)C1. The van der Waals surface area contributed by atoms with Crippen LogP contribution in [0.1, 0.15) is 16.8 Å². The summed E-state index contributed by atoms with van der Waals surface area (Å²) < 4.78 is 35.6. The molecule has 1 unspecified atom stereocenters. The molecule has 104 valence electrons. The van der Waals surface area contributed by atoms with Gasteiger partial charge in [-0.05, 0) is 30.5 Å². The average Bonchev–Trinajstić information content (AvgIpc) is 2.69. The molecule has 0 bridgehead atoms. The summed E-state index contributed by atoms with van der Waals surface area (Å²) in [5, 5.41) is 2.60. The zero-order valence-electron chi connectivity index (χ0n) is 10.2. The van der Waals surface area contributed by atoms with Gasteiger partial charge in [0.25, 0.3) is 5.91 Å². The number of anilines is 1. The van der Waals surface area contributed by atoms with Crippen molar-refractivity contribution in [2.75, 3.05) is 23.8 Å². The number of halogens is 1. The van der Waals surface area contributed by atoms with Crippen LogP contribution in [0.25, 0.3) is 0 Å². The molecule has 1 aromatic carbocycles. The van der Waals surface area contributed by atoms with Gasteiger partial charge in [0.15, 0.2) is 9.84 Å². The molecule has 1 heterocycles. The summed E-state index contributed by atoms with van der Waals surface area (Å²) in [5.41, 5.74) is 5.86. The van der Waals surface area contributed by atoms with Crippen molar-refractivity contribution in [2.45, 2.75) is 6.42 Å². The molecule has 2 rings (SSSR count). The van der Waals surface area contributed by atoms with E-state index in [0.717, 1.165) is 6.07 Å². The van der Waals surface area contributed by atoms with Crippen LogP contribution in [0, 0.1) is 11.7 Å². The van der Waals surface area contributed by atoms with Gasteiger partial charge in [-0.25, -0.2) is 12.8 Å². The molecule has 19 heavy (non-hydrogen) atoms.